The van der Waals surface area contributed by atoms with Crippen molar-refractivity contribution in [2.75, 3.05) is 6.54 Å². The van der Waals surface area contributed by atoms with Crippen LogP contribution in [0.5, 0.6) is 0 Å². The number of halogens is 2. The summed E-state index contributed by atoms with van der Waals surface area (Å²) in [6, 6.07) is 9.77. The molecule has 1 aliphatic heterocycles. The maximum absolute atomic E-state index is 14.3. The molecular formula is C33H41F2N3O4. The molecule has 0 unspecified atom stereocenters. The maximum atomic E-state index is 14.3. The Bertz CT molecular complexity index is 1320. The van der Waals surface area contributed by atoms with Crippen molar-refractivity contribution in [3.63, 3.8) is 0 Å². The lowest BCUT2D eigenvalue weighted by atomic mass is 9.69. The van der Waals surface area contributed by atoms with Crippen LogP contribution in [-0.4, -0.2) is 45.7 Å². The predicted molar refractivity (Wildman–Crippen MR) is 157 cm³/mol. The number of aliphatic carboxylic acids is 1. The Morgan fingerprint density at radius 1 is 1.10 bits per heavy atom. The van der Waals surface area contributed by atoms with E-state index in [1.54, 1.807) is 12.1 Å². The first kappa shape index (κ1) is 31.3. The number of nitrogens with zero attached hydrogens (tertiary/aromatic N) is 2. The molecule has 0 aromatic heterocycles. The van der Waals surface area contributed by atoms with E-state index in [-0.39, 0.29) is 47.5 Å². The molecule has 1 heterocycles. The van der Waals surface area contributed by atoms with Gasteiger partial charge in [-0.3, -0.25) is 19.4 Å². The molecule has 2 N–H and O–H groups in total. The van der Waals surface area contributed by atoms with Crippen molar-refractivity contribution < 1.29 is 28.3 Å². The number of rotatable bonds is 10. The molecular weight excluding hydrogens is 540 g/mol. The number of amides is 2. The van der Waals surface area contributed by atoms with Gasteiger partial charge in [0, 0.05) is 23.7 Å². The summed E-state index contributed by atoms with van der Waals surface area (Å²) in [5.74, 6) is -2.77. The number of unbranched alkanes of at least 4 members (excludes halogenated alkanes) is 1. The largest absolute Gasteiger partial charge is 0.481 e. The number of carbonyl (C=O) groups is 3. The van der Waals surface area contributed by atoms with Gasteiger partial charge < -0.3 is 15.3 Å². The molecule has 1 fully saturated rings. The fourth-order valence-corrected chi connectivity index (χ4v) is 6.31. The second kappa shape index (κ2) is 12.7. The summed E-state index contributed by atoms with van der Waals surface area (Å²) < 4.78 is 28.5. The summed E-state index contributed by atoms with van der Waals surface area (Å²) >= 11 is 0. The minimum Gasteiger partial charge on any atom is -0.481 e. The zero-order valence-electron chi connectivity index (χ0n) is 24.9. The molecule has 0 bridgehead atoms. The SMILES string of the molecule is CCCC[C@H](c1ccc(C(=O)NCCC(=O)O)cc1)N1C(=O)C(c2cc(F)cc(F)c2)=NC12CCC(C(C)(C)C)CC2. The van der Waals surface area contributed by atoms with E-state index in [1.807, 2.05) is 17.0 Å². The standard InChI is InChI=1S/C33H41F2N3O4/c1-5-6-7-27(21-8-10-22(11-9-21)30(41)36-17-14-28(39)40)38-31(42)29(23-18-25(34)20-26(35)19-23)37-33(38)15-12-24(13-16-33)32(2,3)4/h8-11,18-20,24,27H,5-7,12-17H2,1-4H3,(H,36,41)(H,39,40)/t24?,27-,33?/m1/s1. The van der Waals surface area contributed by atoms with Gasteiger partial charge in [-0.15, -0.1) is 0 Å². The first-order valence-corrected chi connectivity index (χ1v) is 14.8. The van der Waals surface area contributed by atoms with Crippen LogP contribution in [0.2, 0.25) is 0 Å². The highest BCUT2D eigenvalue weighted by Crippen LogP contribution is 2.50. The smallest absolute Gasteiger partial charge is 0.305 e. The Morgan fingerprint density at radius 3 is 2.26 bits per heavy atom. The first-order valence-electron chi connectivity index (χ1n) is 14.8. The number of carboxylic acids is 1. The zero-order valence-corrected chi connectivity index (χ0v) is 24.9. The van der Waals surface area contributed by atoms with Gasteiger partial charge >= 0.3 is 5.97 Å². The maximum Gasteiger partial charge on any atom is 0.305 e. The molecule has 7 nitrogen and oxygen atoms in total. The summed E-state index contributed by atoms with van der Waals surface area (Å²) in [6.07, 6.45) is 5.28. The van der Waals surface area contributed by atoms with Crippen molar-refractivity contribution in [3.05, 3.63) is 70.8 Å². The first-order chi connectivity index (χ1) is 19.8. The van der Waals surface area contributed by atoms with Crippen LogP contribution in [0.25, 0.3) is 0 Å². The summed E-state index contributed by atoms with van der Waals surface area (Å²) in [6.45, 7) is 8.77. The van der Waals surface area contributed by atoms with Crippen LogP contribution < -0.4 is 5.32 Å². The molecule has 226 valence electrons. The molecule has 1 saturated carbocycles. The van der Waals surface area contributed by atoms with E-state index in [1.165, 1.54) is 0 Å². The number of aliphatic imine (C=N–C) groups is 1. The van der Waals surface area contributed by atoms with Crippen molar-refractivity contribution in [3.8, 4) is 0 Å². The van der Waals surface area contributed by atoms with E-state index in [2.05, 4.69) is 33.0 Å². The van der Waals surface area contributed by atoms with Gasteiger partial charge in [-0.25, -0.2) is 8.78 Å². The average Bonchev–Trinajstić information content (AvgIpc) is 3.19. The van der Waals surface area contributed by atoms with E-state index >= 15 is 0 Å². The Kier molecular flexibility index (Phi) is 9.48. The highest BCUT2D eigenvalue weighted by Gasteiger charge is 2.52. The third-order valence-electron chi connectivity index (χ3n) is 8.66. The van der Waals surface area contributed by atoms with E-state index in [0.29, 0.717) is 30.7 Å². The van der Waals surface area contributed by atoms with Crippen molar-refractivity contribution in [2.24, 2.45) is 16.3 Å². The minimum absolute atomic E-state index is 0.0240. The molecule has 2 amide bonds. The molecule has 42 heavy (non-hydrogen) atoms. The van der Waals surface area contributed by atoms with E-state index < -0.39 is 23.3 Å². The van der Waals surface area contributed by atoms with E-state index in [9.17, 15) is 23.2 Å². The Balaban J connectivity index is 1.71. The van der Waals surface area contributed by atoms with Crippen LogP contribution in [0, 0.1) is 23.0 Å². The number of carbonyl (C=O) groups excluding carboxylic acids is 2. The molecule has 2 aromatic rings. The monoisotopic (exact) mass is 581 g/mol. The van der Waals surface area contributed by atoms with Crippen LogP contribution in [0.15, 0.2) is 47.5 Å². The van der Waals surface area contributed by atoms with Crippen molar-refractivity contribution in [1.82, 2.24) is 10.2 Å². The van der Waals surface area contributed by atoms with E-state index in [4.69, 9.17) is 10.1 Å². The van der Waals surface area contributed by atoms with Gasteiger partial charge in [0.1, 0.15) is 23.0 Å². The normalized spacial score (nSPS) is 21.4. The molecule has 1 atom stereocenters. The molecule has 4 rings (SSSR count). The van der Waals surface area contributed by atoms with Gasteiger partial charge in [0.05, 0.1) is 12.5 Å². The molecule has 9 heteroatoms. The second-order valence-corrected chi connectivity index (χ2v) is 12.6. The van der Waals surface area contributed by atoms with Crippen LogP contribution in [-0.2, 0) is 9.59 Å². The fraction of sp³-hybridized carbons (Fsp3) is 0.515. The van der Waals surface area contributed by atoms with Crippen LogP contribution >= 0.6 is 0 Å². The lowest BCUT2D eigenvalue weighted by Gasteiger charge is -2.47. The van der Waals surface area contributed by atoms with Gasteiger partial charge in [0.15, 0.2) is 0 Å². The molecule has 1 aliphatic carbocycles. The van der Waals surface area contributed by atoms with Gasteiger partial charge in [-0.2, -0.15) is 0 Å². The van der Waals surface area contributed by atoms with Gasteiger partial charge in [-0.1, -0.05) is 52.7 Å². The number of hydrogen-bond donors (Lipinski definition) is 2. The summed E-state index contributed by atoms with van der Waals surface area (Å²) in [5.41, 5.74) is 0.730. The predicted octanol–water partition coefficient (Wildman–Crippen LogP) is 6.66. The third-order valence-corrected chi connectivity index (χ3v) is 8.66. The van der Waals surface area contributed by atoms with Crippen LogP contribution in [0.4, 0.5) is 8.78 Å². The second-order valence-electron chi connectivity index (χ2n) is 12.6. The summed E-state index contributed by atoms with van der Waals surface area (Å²) in [4.78, 5) is 44.4. The molecule has 2 aromatic carbocycles. The lowest BCUT2D eigenvalue weighted by molar-refractivity contribution is -0.137. The minimum atomic E-state index is -0.993. The summed E-state index contributed by atoms with van der Waals surface area (Å²) in [5, 5.41) is 11.4. The number of benzene rings is 2. The number of nitrogens with one attached hydrogen (secondary N) is 1. The highest BCUT2D eigenvalue weighted by atomic mass is 19.1. The van der Waals surface area contributed by atoms with Crippen LogP contribution in [0.3, 0.4) is 0 Å². The zero-order chi connectivity index (χ0) is 30.7. The fourth-order valence-electron chi connectivity index (χ4n) is 6.31. The topological polar surface area (TPSA) is 99.1 Å². The van der Waals surface area contributed by atoms with Crippen molar-refractivity contribution in [2.45, 2.75) is 90.8 Å². The Hall–Kier alpha value is -3.62. The quantitative estimate of drug-likeness (QED) is 0.328. The Labute approximate surface area is 246 Å². The molecule has 0 radical (unpaired) electrons. The average molecular weight is 582 g/mol. The molecule has 1 spiro atoms. The highest BCUT2D eigenvalue weighted by molar-refractivity contribution is 6.46. The van der Waals surface area contributed by atoms with Gasteiger partial charge in [0.2, 0.25) is 0 Å². The van der Waals surface area contributed by atoms with Gasteiger partial charge in [0.25, 0.3) is 11.8 Å². The third kappa shape index (κ3) is 6.88. The Morgan fingerprint density at radius 2 is 1.71 bits per heavy atom. The van der Waals surface area contributed by atoms with Crippen LogP contribution in [0.1, 0.15) is 107 Å². The lowest BCUT2D eigenvalue weighted by Crippen LogP contribution is -2.51. The number of hydrogen-bond acceptors (Lipinski definition) is 4. The van der Waals surface area contributed by atoms with E-state index in [0.717, 1.165) is 49.4 Å². The van der Waals surface area contributed by atoms with Gasteiger partial charge in [-0.05, 0) is 73.3 Å². The van der Waals surface area contributed by atoms with Crippen molar-refractivity contribution >= 4 is 23.5 Å². The number of carboxylic acid groups (broad SMARTS) is 1. The summed E-state index contributed by atoms with van der Waals surface area (Å²) in [7, 11) is 0. The van der Waals surface area contributed by atoms with Crippen molar-refractivity contribution in [1.29, 1.82) is 0 Å². The molecule has 2 aliphatic rings. The molecule has 0 saturated heterocycles.